The largest absolute Gasteiger partial charge is 0.416 e. The highest BCUT2D eigenvalue weighted by atomic mass is 19.4. The van der Waals surface area contributed by atoms with E-state index in [1.54, 1.807) is 0 Å². The molecule has 1 N–H and O–H groups in total. The van der Waals surface area contributed by atoms with Gasteiger partial charge in [-0.3, -0.25) is 4.79 Å². The van der Waals surface area contributed by atoms with E-state index in [-0.39, 0.29) is 24.1 Å². The van der Waals surface area contributed by atoms with Gasteiger partial charge in [0.2, 0.25) is 5.91 Å². The van der Waals surface area contributed by atoms with E-state index in [0.29, 0.717) is 45.0 Å². The van der Waals surface area contributed by atoms with E-state index in [0.717, 1.165) is 25.0 Å². The zero-order chi connectivity index (χ0) is 18.6. The minimum absolute atomic E-state index is 0.0703. The molecule has 0 bridgehead atoms. The number of halogens is 3. The van der Waals surface area contributed by atoms with Crippen LogP contribution in [0.2, 0.25) is 0 Å². The minimum atomic E-state index is -4.46. The van der Waals surface area contributed by atoms with Crippen molar-refractivity contribution in [3.8, 4) is 0 Å². The Kier molecular flexibility index (Phi) is 6.03. The van der Waals surface area contributed by atoms with Crippen LogP contribution in [0.3, 0.4) is 0 Å². The number of nitrogens with one attached hydrogen (secondary N) is 1. The summed E-state index contributed by atoms with van der Waals surface area (Å²) in [5.41, 5.74) is 0.00904. The molecule has 2 aliphatic rings. The number of carbonyl (C=O) groups is 1. The standard InChI is InChI=1S/C18H23F3N2O3/c19-18(20,21)13-3-5-16(23-7-10-25-11-8-23)15(12-13)22-17(24)6-4-14-2-1-9-26-14/h3,5,12,14H,1-2,4,6-11H2,(H,22,24). The number of alkyl halides is 3. The molecule has 0 radical (unpaired) electrons. The molecule has 2 saturated heterocycles. The monoisotopic (exact) mass is 372 g/mol. The SMILES string of the molecule is O=C(CCC1CCCO1)Nc1cc(C(F)(F)F)ccc1N1CCOCC1. The van der Waals surface area contributed by atoms with Gasteiger partial charge in [-0.15, -0.1) is 0 Å². The third-order valence-corrected chi connectivity index (χ3v) is 4.67. The lowest BCUT2D eigenvalue weighted by molar-refractivity contribution is -0.137. The lowest BCUT2D eigenvalue weighted by atomic mass is 10.1. The average Bonchev–Trinajstić information content (AvgIpc) is 3.13. The van der Waals surface area contributed by atoms with Gasteiger partial charge in [-0.2, -0.15) is 13.2 Å². The maximum Gasteiger partial charge on any atom is 0.416 e. The summed E-state index contributed by atoms with van der Waals surface area (Å²) >= 11 is 0. The van der Waals surface area contributed by atoms with Gasteiger partial charge in [0.25, 0.3) is 0 Å². The third-order valence-electron chi connectivity index (χ3n) is 4.67. The molecule has 0 aliphatic carbocycles. The van der Waals surface area contributed by atoms with Crippen molar-refractivity contribution in [2.24, 2.45) is 0 Å². The maximum atomic E-state index is 13.1. The number of hydrogen-bond donors (Lipinski definition) is 1. The van der Waals surface area contributed by atoms with E-state index in [1.165, 1.54) is 6.07 Å². The summed E-state index contributed by atoms with van der Waals surface area (Å²) in [6.07, 6.45) is -1.67. The highest BCUT2D eigenvalue weighted by molar-refractivity contribution is 5.94. The van der Waals surface area contributed by atoms with Crippen LogP contribution in [0.5, 0.6) is 0 Å². The summed E-state index contributed by atoms with van der Waals surface area (Å²) in [6, 6.07) is 3.48. The zero-order valence-electron chi connectivity index (χ0n) is 14.5. The Morgan fingerprint density at radius 2 is 2.00 bits per heavy atom. The van der Waals surface area contributed by atoms with Gasteiger partial charge in [0.15, 0.2) is 0 Å². The molecule has 2 fully saturated rings. The number of morpholine rings is 1. The number of amides is 1. The van der Waals surface area contributed by atoms with Crippen LogP contribution in [0.4, 0.5) is 24.5 Å². The van der Waals surface area contributed by atoms with Crippen LogP contribution in [-0.4, -0.2) is 44.9 Å². The van der Waals surface area contributed by atoms with Crippen molar-refractivity contribution in [2.45, 2.75) is 38.0 Å². The van der Waals surface area contributed by atoms with Gasteiger partial charge in [0.1, 0.15) is 0 Å². The molecule has 0 spiro atoms. The van der Waals surface area contributed by atoms with Gasteiger partial charge in [0.05, 0.1) is 36.3 Å². The van der Waals surface area contributed by atoms with Gasteiger partial charge in [-0.05, 0) is 37.5 Å². The first-order valence-corrected chi connectivity index (χ1v) is 8.89. The quantitative estimate of drug-likeness (QED) is 0.860. The summed E-state index contributed by atoms with van der Waals surface area (Å²) in [7, 11) is 0. The topological polar surface area (TPSA) is 50.8 Å². The Morgan fingerprint density at radius 1 is 1.23 bits per heavy atom. The van der Waals surface area contributed by atoms with Crippen molar-refractivity contribution in [1.29, 1.82) is 0 Å². The Morgan fingerprint density at radius 3 is 2.65 bits per heavy atom. The van der Waals surface area contributed by atoms with E-state index >= 15 is 0 Å². The number of benzene rings is 1. The molecule has 2 heterocycles. The number of carbonyl (C=O) groups excluding carboxylic acids is 1. The summed E-state index contributed by atoms with van der Waals surface area (Å²) < 4.78 is 50.0. The number of rotatable bonds is 5. The second-order valence-electron chi connectivity index (χ2n) is 6.55. The second kappa shape index (κ2) is 8.26. The van der Waals surface area contributed by atoms with E-state index in [2.05, 4.69) is 5.32 Å². The fraction of sp³-hybridized carbons (Fsp3) is 0.611. The second-order valence-corrected chi connectivity index (χ2v) is 6.55. The normalized spacial score (nSPS) is 21.0. The number of hydrogen-bond acceptors (Lipinski definition) is 4. The van der Waals surface area contributed by atoms with Crippen molar-refractivity contribution >= 4 is 17.3 Å². The first-order chi connectivity index (χ1) is 12.4. The van der Waals surface area contributed by atoms with Crippen LogP contribution >= 0.6 is 0 Å². The first-order valence-electron chi connectivity index (χ1n) is 8.89. The Bertz CT molecular complexity index is 625. The Hall–Kier alpha value is -1.80. The molecule has 144 valence electrons. The number of nitrogens with zero attached hydrogens (tertiary/aromatic N) is 1. The van der Waals surface area contributed by atoms with Crippen molar-refractivity contribution in [3.63, 3.8) is 0 Å². The molecule has 1 atom stereocenters. The average molecular weight is 372 g/mol. The molecule has 5 nitrogen and oxygen atoms in total. The fourth-order valence-electron chi connectivity index (χ4n) is 3.27. The predicted octanol–water partition coefficient (Wildman–Crippen LogP) is 3.44. The summed E-state index contributed by atoms with van der Waals surface area (Å²) in [4.78, 5) is 14.2. The van der Waals surface area contributed by atoms with E-state index in [9.17, 15) is 18.0 Å². The zero-order valence-corrected chi connectivity index (χ0v) is 14.5. The molecule has 1 aromatic rings. The lowest BCUT2D eigenvalue weighted by Gasteiger charge is -2.31. The molecule has 1 amide bonds. The molecule has 26 heavy (non-hydrogen) atoms. The highest BCUT2D eigenvalue weighted by Crippen LogP contribution is 2.36. The highest BCUT2D eigenvalue weighted by Gasteiger charge is 2.32. The third kappa shape index (κ3) is 4.88. The smallest absolute Gasteiger partial charge is 0.378 e. The Labute approximate surface area is 150 Å². The van der Waals surface area contributed by atoms with Crippen LogP contribution in [0.25, 0.3) is 0 Å². The summed E-state index contributed by atoms with van der Waals surface area (Å²) in [5.74, 6) is -0.297. The van der Waals surface area contributed by atoms with Gasteiger partial charge in [0, 0.05) is 26.1 Å². The Balaban J connectivity index is 1.73. The van der Waals surface area contributed by atoms with Gasteiger partial charge in [-0.1, -0.05) is 0 Å². The molecule has 1 unspecified atom stereocenters. The molecule has 0 saturated carbocycles. The fourth-order valence-corrected chi connectivity index (χ4v) is 3.27. The van der Waals surface area contributed by atoms with Crippen molar-refractivity contribution < 1.29 is 27.4 Å². The molecule has 0 aromatic heterocycles. The molecular weight excluding hydrogens is 349 g/mol. The van der Waals surface area contributed by atoms with Crippen LogP contribution in [-0.2, 0) is 20.4 Å². The molecular formula is C18H23F3N2O3. The van der Waals surface area contributed by atoms with E-state index in [4.69, 9.17) is 9.47 Å². The van der Waals surface area contributed by atoms with Crippen molar-refractivity contribution in [1.82, 2.24) is 0 Å². The number of anilines is 2. The van der Waals surface area contributed by atoms with Crippen LogP contribution in [0, 0.1) is 0 Å². The first kappa shape index (κ1) is 19.0. The van der Waals surface area contributed by atoms with Crippen LogP contribution < -0.4 is 10.2 Å². The molecule has 2 aliphatic heterocycles. The van der Waals surface area contributed by atoms with Crippen molar-refractivity contribution in [3.05, 3.63) is 23.8 Å². The van der Waals surface area contributed by atoms with Crippen LogP contribution in [0.1, 0.15) is 31.2 Å². The predicted molar refractivity (Wildman–Crippen MR) is 91.3 cm³/mol. The minimum Gasteiger partial charge on any atom is -0.378 e. The summed E-state index contributed by atoms with van der Waals surface area (Å²) in [6.45, 7) is 2.87. The van der Waals surface area contributed by atoms with E-state index < -0.39 is 11.7 Å². The summed E-state index contributed by atoms with van der Waals surface area (Å²) in [5, 5.41) is 2.67. The van der Waals surface area contributed by atoms with Crippen LogP contribution in [0.15, 0.2) is 18.2 Å². The van der Waals surface area contributed by atoms with E-state index in [1.807, 2.05) is 4.90 Å². The molecule has 3 rings (SSSR count). The maximum absolute atomic E-state index is 13.1. The molecule has 1 aromatic carbocycles. The lowest BCUT2D eigenvalue weighted by Crippen LogP contribution is -2.36. The molecule has 8 heteroatoms. The van der Waals surface area contributed by atoms with Gasteiger partial charge >= 0.3 is 6.18 Å². The van der Waals surface area contributed by atoms with Crippen molar-refractivity contribution in [2.75, 3.05) is 43.1 Å². The number of ether oxygens (including phenoxy) is 2. The van der Waals surface area contributed by atoms with Gasteiger partial charge in [-0.25, -0.2) is 0 Å². The van der Waals surface area contributed by atoms with Gasteiger partial charge < -0.3 is 19.7 Å².